The van der Waals surface area contributed by atoms with Gasteiger partial charge in [-0.3, -0.25) is 0 Å². The number of allylic oxidation sites excluding steroid dienone is 4. The fourth-order valence-corrected chi connectivity index (χ4v) is 7.49. The second-order valence-corrected chi connectivity index (χ2v) is 8.84. The number of fused-ring (bicyclic) bond motifs is 3. The molecule has 0 aromatic heterocycles. The van der Waals surface area contributed by atoms with E-state index in [0.717, 1.165) is 4.58 Å². The first-order chi connectivity index (χ1) is 6.92. The highest BCUT2D eigenvalue weighted by atomic mass is 33.2. The molecule has 3 heteroatoms. The van der Waals surface area contributed by atoms with Crippen molar-refractivity contribution in [2.75, 3.05) is 11.5 Å². The molecule has 0 amide bonds. The molecule has 3 rings (SSSR count). The lowest BCUT2D eigenvalue weighted by atomic mass is 10.2. The van der Waals surface area contributed by atoms with Gasteiger partial charge in [-0.15, -0.1) is 0 Å². The van der Waals surface area contributed by atoms with Gasteiger partial charge in [-0.25, -0.2) is 0 Å². The van der Waals surface area contributed by atoms with E-state index in [2.05, 4.69) is 47.7 Å². The molecule has 1 saturated heterocycles. The van der Waals surface area contributed by atoms with E-state index in [1.165, 1.54) is 17.9 Å². The molecule has 0 nitrogen and oxygen atoms in total. The van der Waals surface area contributed by atoms with Crippen LogP contribution in [0.1, 0.15) is 13.3 Å². The van der Waals surface area contributed by atoms with Crippen LogP contribution in [0.4, 0.5) is 0 Å². The van der Waals surface area contributed by atoms with Crippen LogP contribution in [0.25, 0.3) is 0 Å². The van der Waals surface area contributed by atoms with Gasteiger partial charge in [-0.05, 0) is 24.3 Å². The van der Waals surface area contributed by atoms with Crippen molar-refractivity contribution < 1.29 is 0 Å². The van der Waals surface area contributed by atoms with Crippen LogP contribution in [0.3, 0.4) is 0 Å². The van der Waals surface area contributed by atoms with Gasteiger partial charge in [0.05, 0.1) is 0 Å². The Bertz CT molecular complexity index is 352. The van der Waals surface area contributed by atoms with Gasteiger partial charge in [0, 0.05) is 16.9 Å². The molecule has 2 atom stereocenters. The van der Waals surface area contributed by atoms with E-state index >= 15 is 0 Å². The first-order valence-electron chi connectivity index (χ1n) is 5.01. The molecule has 74 valence electrons. The SMILES string of the molecule is CCCSCC1=C2C=CC=C2[S+]2SC12. The Balaban J connectivity index is 1.75. The Hall–Kier alpha value is 0.270. The van der Waals surface area contributed by atoms with Crippen molar-refractivity contribution in [3.05, 3.63) is 34.3 Å². The maximum atomic E-state index is 2.32. The van der Waals surface area contributed by atoms with Gasteiger partial charge in [0.2, 0.25) is 0 Å². The van der Waals surface area contributed by atoms with Gasteiger partial charge >= 0.3 is 0 Å². The summed E-state index contributed by atoms with van der Waals surface area (Å²) in [6.45, 7) is 2.26. The van der Waals surface area contributed by atoms with E-state index in [1.807, 2.05) is 0 Å². The third-order valence-electron chi connectivity index (χ3n) is 2.58. The summed E-state index contributed by atoms with van der Waals surface area (Å²) >= 11 is 2.10. The molecule has 0 N–H and O–H groups in total. The highest BCUT2D eigenvalue weighted by Gasteiger charge is 2.65. The summed E-state index contributed by atoms with van der Waals surface area (Å²) in [6.07, 6.45) is 8.16. The molecule has 0 aromatic rings. The zero-order valence-corrected chi connectivity index (χ0v) is 10.6. The summed E-state index contributed by atoms with van der Waals surface area (Å²) in [5.41, 5.74) is 3.33. The predicted molar refractivity (Wildman–Crippen MR) is 70.6 cm³/mol. The van der Waals surface area contributed by atoms with Crippen LogP contribution in [-0.2, 0) is 9.93 Å². The van der Waals surface area contributed by atoms with Gasteiger partial charge in [0.25, 0.3) is 4.58 Å². The maximum absolute atomic E-state index is 2.32. The normalized spacial score (nSPS) is 31.9. The average Bonchev–Trinajstić information content (AvgIpc) is 2.72. The first-order valence-corrected chi connectivity index (χ1v) is 8.85. The molecule has 1 aliphatic carbocycles. The standard InChI is InChI=1S/C11H13S3/c1-2-6-12-7-9-8-4-3-5-10(8)14-11(9)13-14/h3-5,11H,2,6-7H2,1H3/q+1. The summed E-state index contributed by atoms with van der Waals surface area (Å²) in [5.74, 6) is 2.58. The summed E-state index contributed by atoms with van der Waals surface area (Å²) in [4.78, 5) is 1.65. The molecule has 14 heavy (non-hydrogen) atoms. The van der Waals surface area contributed by atoms with Crippen molar-refractivity contribution in [2.45, 2.75) is 17.9 Å². The smallest absolute Gasteiger partial charge is 0.157 e. The minimum atomic E-state index is 0.581. The van der Waals surface area contributed by atoms with Gasteiger partial charge in [-0.1, -0.05) is 13.0 Å². The molecular formula is C11H13S3+. The van der Waals surface area contributed by atoms with E-state index in [1.54, 1.807) is 16.1 Å². The van der Waals surface area contributed by atoms with Gasteiger partial charge in [-0.2, -0.15) is 11.8 Å². The molecule has 1 fully saturated rings. The van der Waals surface area contributed by atoms with Crippen molar-refractivity contribution >= 4 is 32.5 Å². The number of rotatable bonds is 4. The molecule has 2 heterocycles. The molecule has 0 radical (unpaired) electrons. The van der Waals surface area contributed by atoms with E-state index in [9.17, 15) is 0 Å². The minimum absolute atomic E-state index is 0.581. The lowest BCUT2D eigenvalue weighted by molar-refractivity contribution is 1.11. The van der Waals surface area contributed by atoms with Crippen molar-refractivity contribution in [1.29, 1.82) is 0 Å². The first kappa shape index (κ1) is 9.49. The Morgan fingerprint density at radius 1 is 1.57 bits per heavy atom. The second-order valence-electron chi connectivity index (χ2n) is 3.61. The van der Waals surface area contributed by atoms with Crippen LogP contribution in [-0.4, -0.2) is 16.1 Å². The van der Waals surface area contributed by atoms with Crippen LogP contribution in [0, 0.1) is 0 Å². The van der Waals surface area contributed by atoms with Crippen LogP contribution >= 0.6 is 22.6 Å². The quantitative estimate of drug-likeness (QED) is 0.320. The van der Waals surface area contributed by atoms with Crippen LogP contribution in [0.5, 0.6) is 0 Å². The van der Waals surface area contributed by atoms with E-state index in [-0.39, 0.29) is 0 Å². The molecule has 0 aromatic carbocycles. The fraction of sp³-hybridized carbons (Fsp3) is 0.455. The average molecular weight is 241 g/mol. The molecule has 2 unspecified atom stereocenters. The van der Waals surface area contributed by atoms with Crippen molar-refractivity contribution in [1.82, 2.24) is 0 Å². The molecule has 0 saturated carbocycles. The largest absolute Gasteiger partial charge is 0.251 e. The van der Waals surface area contributed by atoms with E-state index in [4.69, 9.17) is 0 Å². The van der Waals surface area contributed by atoms with E-state index < -0.39 is 0 Å². The monoisotopic (exact) mass is 241 g/mol. The second kappa shape index (κ2) is 3.69. The lowest BCUT2D eigenvalue weighted by Crippen LogP contribution is -1.94. The Kier molecular flexibility index (Phi) is 2.50. The molecular weight excluding hydrogens is 228 g/mol. The summed E-state index contributed by atoms with van der Waals surface area (Å²) in [6, 6.07) is 0. The van der Waals surface area contributed by atoms with Crippen molar-refractivity contribution in [3.8, 4) is 0 Å². The number of hydrogen-bond acceptors (Lipinski definition) is 2. The third-order valence-corrected chi connectivity index (χ3v) is 8.11. The molecule has 2 aliphatic heterocycles. The van der Waals surface area contributed by atoms with Crippen LogP contribution < -0.4 is 0 Å². The summed E-state index contributed by atoms with van der Waals surface area (Å²) < 4.78 is 0.894. The Morgan fingerprint density at radius 3 is 3.36 bits per heavy atom. The van der Waals surface area contributed by atoms with Crippen LogP contribution in [0.15, 0.2) is 34.3 Å². The van der Waals surface area contributed by atoms with Crippen molar-refractivity contribution in [2.24, 2.45) is 0 Å². The highest BCUT2D eigenvalue weighted by Crippen LogP contribution is 2.64. The topological polar surface area (TPSA) is 0 Å². The minimum Gasteiger partial charge on any atom is -0.157 e. The predicted octanol–water partition coefficient (Wildman–Crippen LogP) is 3.50. The molecule has 0 bridgehead atoms. The molecule has 3 aliphatic rings. The highest BCUT2D eigenvalue weighted by molar-refractivity contribution is 8.91. The third kappa shape index (κ3) is 1.41. The van der Waals surface area contributed by atoms with E-state index in [0.29, 0.717) is 9.93 Å². The maximum Gasteiger partial charge on any atom is 0.251 e. The van der Waals surface area contributed by atoms with Crippen LogP contribution in [0.2, 0.25) is 0 Å². The van der Waals surface area contributed by atoms with Crippen molar-refractivity contribution in [3.63, 3.8) is 0 Å². The Morgan fingerprint density at radius 2 is 2.50 bits per heavy atom. The van der Waals surface area contributed by atoms with Gasteiger partial charge in [0.15, 0.2) is 15.7 Å². The number of hydrogen-bond donors (Lipinski definition) is 0. The van der Waals surface area contributed by atoms with Gasteiger partial charge < -0.3 is 0 Å². The summed E-state index contributed by atoms with van der Waals surface area (Å²) in [5, 5.41) is 0. The zero-order chi connectivity index (χ0) is 9.54. The Labute approximate surface area is 96.0 Å². The van der Waals surface area contributed by atoms with Gasteiger partial charge in [0.1, 0.15) is 9.93 Å². The molecule has 0 spiro atoms. The fourth-order valence-electron chi connectivity index (χ4n) is 1.87. The number of thioether (sulfide) groups is 1. The lowest BCUT2D eigenvalue weighted by Gasteiger charge is -1.99. The zero-order valence-electron chi connectivity index (χ0n) is 8.16. The summed E-state index contributed by atoms with van der Waals surface area (Å²) in [7, 11) is 2.75.